The molecule has 1 rings (SSSR count). The molecule has 0 radical (unpaired) electrons. The number of nitrogens with zero attached hydrogens (tertiary/aromatic N) is 1. The van der Waals surface area contributed by atoms with Crippen molar-refractivity contribution in [3.05, 3.63) is 42.0 Å². The van der Waals surface area contributed by atoms with Gasteiger partial charge in [0, 0.05) is 12.1 Å². The van der Waals surface area contributed by atoms with Gasteiger partial charge in [0.1, 0.15) is 0 Å². The smallest absolute Gasteiger partial charge is 0.0933 e. The van der Waals surface area contributed by atoms with Crippen molar-refractivity contribution >= 4 is 5.70 Å². The second-order valence-corrected chi connectivity index (χ2v) is 3.35. The van der Waals surface area contributed by atoms with Crippen molar-refractivity contribution in [2.24, 2.45) is 0 Å². The molecule has 0 fully saturated rings. The Balaban J connectivity index is 2.91. The Hall–Kier alpha value is -1.75. The van der Waals surface area contributed by atoms with E-state index in [-0.39, 0.29) is 0 Å². The van der Waals surface area contributed by atoms with Crippen LogP contribution in [0, 0.1) is 11.3 Å². The van der Waals surface area contributed by atoms with Crippen LogP contribution in [0.4, 0.5) is 0 Å². The number of hydrogen-bond donors (Lipinski definition) is 1. The number of nitrogens with one attached hydrogen (secondary N) is 1. The Morgan fingerprint density at radius 2 is 2.00 bits per heavy atom. The van der Waals surface area contributed by atoms with Gasteiger partial charge in [0.2, 0.25) is 0 Å². The van der Waals surface area contributed by atoms with Crippen molar-refractivity contribution in [1.29, 1.82) is 5.26 Å². The Morgan fingerprint density at radius 1 is 1.36 bits per heavy atom. The summed E-state index contributed by atoms with van der Waals surface area (Å²) < 4.78 is 0. The minimum atomic E-state index is 0.329. The zero-order valence-corrected chi connectivity index (χ0v) is 8.49. The van der Waals surface area contributed by atoms with Gasteiger partial charge in [-0.3, -0.25) is 0 Å². The van der Waals surface area contributed by atoms with Crippen LogP contribution in [-0.2, 0) is 0 Å². The van der Waals surface area contributed by atoms with Gasteiger partial charge in [0.05, 0.1) is 11.8 Å². The van der Waals surface area contributed by atoms with Crippen molar-refractivity contribution < 1.29 is 0 Å². The molecule has 0 aliphatic rings. The summed E-state index contributed by atoms with van der Waals surface area (Å²) in [6, 6.07) is 12.2. The van der Waals surface area contributed by atoms with E-state index in [9.17, 15) is 0 Å². The Morgan fingerprint density at radius 3 is 2.50 bits per heavy atom. The summed E-state index contributed by atoms with van der Waals surface area (Å²) >= 11 is 0. The lowest BCUT2D eigenvalue weighted by Gasteiger charge is -2.13. The number of allylic oxidation sites excluding steroid dienone is 1. The van der Waals surface area contributed by atoms with Crippen LogP contribution in [0.3, 0.4) is 0 Å². The first-order valence-corrected chi connectivity index (χ1v) is 4.66. The van der Waals surface area contributed by atoms with Gasteiger partial charge in [-0.25, -0.2) is 0 Å². The molecule has 0 aliphatic heterocycles. The van der Waals surface area contributed by atoms with Gasteiger partial charge in [-0.2, -0.15) is 5.26 Å². The van der Waals surface area contributed by atoms with Crippen LogP contribution in [0.5, 0.6) is 0 Å². The normalized spacial score (nSPS) is 11.1. The van der Waals surface area contributed by atoms with Crippen LogP contribution in [-0.4, -0.2) is 6.04 Å². The molecule has 0 heterocycles. The fourth-order valence-electron chi connectivity index (χ4n) is 1.20. The zero-order valence-electron chi connectivity index (χ0n) is 8.49. The second kappa shape index (κ2) is 5.08. The molecule has 0 saturated heterocycles. The van der Waals surface area contributed by atoms with Gasteiger partial charge in [0.15, 0.2) is 0 Å². The van der Waals surface area contributed by atoms with E-state index in [1.807, 2.05) is 50.2 Å². The van der Waals surface area contributed by atoms with E-state index < -0.39 is 0 Å². The lowest BCUT2D eigenvalue weighted by molar-refractivity contribution is 0.717. The average Bonchev–Trinajstić information content (AvgIpc) is 2.18. The minimum absolute atomic E-state index is 0.329. The maximum atomic E-state index is 8.64. The molecule has 2 heteroatoms. The zero-order chi connectivity index (χ0) is 10.4. The third-order valence-corrected chi connectivity index (χ3v) is 1.74. The molecule has 1 N–H and O–H groups in total. The van der Waals surface area contributed by atoms with E-state index in [0.717, 1.165) is 11.3 Å². The van der Waals surface area contributed by atoms with Crippen LogP contribution in [0.15, 0.2) is 36.4 Å². The number of nitriles is 1. The van der Waals surface area contributed by atoms with E-state index >= 15 is 0 Å². The van der Waals surface area contributed by atoms with Crippen molar-refractivity contribution in [3.8, 4) is 6.07 Å². The van der Waals surface area contributed by atoms with Gasteiger partial charge in [-0.15, -0.1) is 0 Å². The molecule has 1 aromatic rings. The third-order valence-electron chi connectivity index (χ3n) is 1.74. The van der Waals surface area contributed by atoms with Gasteiger partial charge in [-0.05, 0) is 19.4 Å². The lowest BCUT2D eigenvalue weighted by atomic mass is 10.1. The number of benzene rings is 1. The highest BCUT2D eigenvalue weighted by atomic mass is 14.9. The first-order chi connectivity index (χ1) is 6.74. The molecule has 0 amide bonds. The lowest BCUT2D eigenvalue weighted by Crippen LogP contribution is -2.20. The van der Waals surface area contributed by atoms with E-state index in [2.05, 4.69) is 5.32 Å². The molecule has 1 aromatic carbocycles. The summed E-state index contributed by atoms with van der Waals surface area (Å²) in [6.45, 7) is 4.10. The predicted molar refractivity (Wildman–Crippen MR) is 58.3 cm³/mol. The molecule has 0 unspecified atom stereocenters. The molecule has 2 nitrogen and oxygen atoms in total. The topological polar surface area (TPSA) is 35.8 Å². The highest BCUT2D eigenvalue weighted by Crippen LogP contribution is 2.10. The predicted octanol–water partition coefficient (Wildman–Crippen LogP) is 2.55. The molecule has 0 aromatic heterocycles. The summed E-state index contributed by atoms with van der Waals surface area (Å²) in [6.07, 6.45) is 1.54. The van der Waals surface area contributed by atoms with E-state index in [0.29, 0.717) is 6.04 Å². The molecular weight excluding hydrogens is 172 g/mol. The summed E-state index contributed by atoms with van der Waals surface area (Å²) in [5, 5.41) is 11.9. The van der Waals surface area contributed by atoms with Gasteiger partial charge >= 0.3 is 0 Å². The Bertz CT molecular complexity index is 344. The fraction of sp³-hybridized carbons (Fsp3) is 0.250. The van der Waals surface area contributed by atoms with Gasteiger partial charge in [0.25, 0.3) is 0 Å². The molecule has 0 aliphatic carbocycles. The van der Waals surface area contributed by atoms with Crippen molar-refractivity contribution in [2.75, 3.05) is 0 Å². The van der Waals surface area contributed by atoms with Crippen LogP contribution in [0.2, 0.25) is 0 Å². The molecular formula is C12H14N2. The largest absolute Gasteiger partial charge is 0.382 e. The summed E-state index contributed by atoms with van der Waals surface area (Å²) in [7, 11) is 0. The first-order valence-electron chi connectivity index (χ1n) is 4.66. The SMILES string of the molecule is CC(C)NC(=CC#N)c1ccccc1. The van der Waals surface area contributed by atoms with Crippen LogP contribution < -0.4 is 5.32 Å². The summed E-state index contributed by atoms with van der Waals surface area (Å²) in [4.78, 5) is 0. The van der Waals surface area contributed by atoms with Gasteiger partial charge < -0.3 is 5.32 Å². The fourth-order valence-corrected chi connectivity index (χ4v) is 1.20. The maximum absolute atomic E-state index is 8.64. The van der Waals surface area contributed by atoms with E-state index in [1.54, 1.807) is 0 Å². The van der Waals surface area contributed by atoms with Crippen molar-refractivity contribution in [1.82, 2.24) is 5.32 Å². The molecule has 0 spiro atoms. The van der Waals surface area contributed by atoms with E-state index in [1.165, 1.54) is 6.08 Å². The van der Waals surface area contributed by atoms with E-state index in [4.69, 9.17) is 5.26 Å². The van der Waals surface area contributed by atoms with Crippen LogP contribution >= 0.6 is 0 Å². The first kappa shape index (κ1) is 10.3. The Kier molecular flexibility index (Phi) is 3.75. The van der Waals surface area contributed by atoms with Crippen LogP contribution in [0.1, 0.15) is 19.4 Å². The van der Waals surface area contributed by atoms with Crippen molar-refractivity contribution in [3.63, 3.8) is 0 Å². The molecule has 14 heavy (non-hydrogen) atoms. The molecule has 0 atom stereocenters. The average molecular weight is 186 g/mol. The molecule has 72 valence electrons. The highest BCUT2D eigenvalue weighted by Gasteiger charge is 2.01. The van der Waals surface area contributed by atoms with Crippen molar-refractivity contribution in [2.45, 2.75) is 19.9 Å². The minimum Gasteiger partial charge on any atom is -0.382 e. The molecule has 0 bridgehead atoms. The third kappa shape index (κ3) is 2.95. The Labute approximate surface area is 84.9 Å². The summed E-state index contributed by atoms with van der Waals surface area (Å²) in [5.41, 5.74) is 1.92. The van der Waals surface area contributed by atoms with Gasteiger partial charge in [-0.1, -0.05) is 30.3 Å². The monoisotopic (exact) mass is 186 g/mol. The molecule has 0 saturated carbocycles. The second-order valence-electron chi connectivity index (χ2n) is 3.35. The number of hydrogen-bond acceptors (Lipinski definition) is 2. The highest BCUT2D eigenvalue weighted by molar-refractivity contribution is 5.66. The maximum Gasteiger partial charge on any atom is 0.0933 e. The van der Waals surface area contributed by atoms with Crippen LogP contribution in [0.25, 0.3) is 5.70 Å². The quantitative estimate of drug-likeness (QED) is 0.736. The summed E-state index contributed by atoms with van der Waals surface area (Å²) in [5.74, 6) is 0. The number of rotatable bonds is 3. The standard InChI is InChI=1S/C12H14N2/c1-10(2)14-12(8-9-13)11-6-4-3-5-7-11/h3-8,10,14H,1-2H3.